The van der Waals surface area contributed by atoms with Gasteiger partial charge in [0.2, 0.25) is 11.8 Å². The highest BCUT2D eigenvalue weighted by Gasteiger charge is 2.23. The van der Waals surface area contributed by atoms with Gasteiger partial charge in [-0.05, 0) is 55.3 Å². The van der Waals surface area contributed by atoms with Crippen LogP contribution in [0.3, 0.4) is 0 Å². The van der Waals surface area contributed by atoms with Gasteiger partial charge in [0.25, 0.3) is 0 Å². The van der Waals surface area contributed by atoms with E-state index in [1.165, 1.54) is 18.7 Å². The van der Waals surface area contributed by atoms with E-state index in [9.17, 15) is 9.59 Å². The van der Waals surface area contributed by atoms with E-state index in [4.69, 9.17) is 11.6 Å². The first kappa shape index (κ1) is 21.7. The van der Waals surface area contributed by atoms with Crippen molar-refractivity contribution in [3.05, 3.63) is 53.1 Å². The van der Waals surface area contributed by atoms with E-state index in [1.54, 1.807) is 16.7 Å². The summed E-state index contributed by atoms with van der Waals surface area (Å²) in [7, 11) is 0. The van der Waals surface area contributed by atoms with Crippen LogP contribution in [0.4, 0.5) is 11.4 Å². The number of aliphatic imine (C=N–C) groups is 1. The summed E-state index contributed by atoms with van der Waals surface area (Å²) in [5.74, 6) is 1.20. The lowest BCUT2D eigenvalue weighted by Crippen LogP contribution is -2.40. The first-order valence-electron chi connectivity index (χ1n) is 9.21. The highest BCUT2D eigenvalue weighted by Crippen LogP contribution is 2.27. The molecule has 2 amide bonds. The van der Waals surface area contributed by atoms with Crippen LogP contribution >= 0.6 is 35.1 Å². The summed E-state index contributed by atoms with van der Waals surface area (Å²) < 4.78 is 0. The van der Waals surface area contributed by atoms with Crippen LogP contribution in [-0.2, 0) is 9.59 Å². The molecule has 5 nitrogen and oxygen atoms in total. The quantitative estimate of drug-likeness (QED) is 0.627. The van der Waals surface area contributed by atoms with Crippen molar-refractivity contribution in [1.29, 1.82) is 0 Å². The SMILES string of the molecule is CC(=O)Nc1ccc(SCC(=O)N2CCCSC2=Nc2ccc(C)c(Cl)c2)cc1. The number of halogens is 1. The van der Waals surface area contributed by atoms with Crippen LogP contribution in [0.2, 0.25) is 5.02 Å². The third-order valence-corrected chi connectivity index (χ3v) is 6.67. The molecule has 1 saturated heterocycles. The molecule has 0 radical (unpaired) electrons. The topological polar surface area (TPSA) is 61.8 Å². The largest absolute Gasteiger partial charge is 0.326 e. The second kappa shape index (κ2) is 10.2. The molecule has 1 heterocycles. The van der Waals surface area contributed by atoms with Gasteiger partial charge in [-0.25, -0.2) is 4.99 Å². The molecule has 2 aromatic rings. The number of hydrogen-bond acceptors (Lipinski definition) is 5. The Hall–Kier alpha value is -1.96. The van der Waals surface area contributed by atoms with Gasteiger partial charge in [-0.3, -0.25) is 14.5 Å². The minimum atomic E-state index is -0.107. The van der Waals surface area contributed by atoms with Gasteiger partial charge in [-0.1, -0.05) is 29.4 Å². The first-order chi connectivity index (χ1) is 13.9. The number of carbonyl (C=O) groups is 2. The third-order valence-electron chi connectivity index (χ3n) is 4.21. The summed E-state index contributed by atoms with van der Waals surface area (Å²) in [6.45, 7) is 4.10. The highest BCUT2D eigenvalue weighted by atomic mass is 35.5. The van der Waals surface area contributed by atoms with Crippen molar-refractivity contribution >= 4 is 63.5 Å². The maximum absolute atomic E-state index is 12.8. The van der Waals surface area contributed by atoms with Crippen LogP contribution in [0.25, 0.3) is 0 Å². The number of amidine groups is 1. The normalized spacial score (nSPS) is 15.4. The maximum atomic E-state index is 12.8. The Morgan fingerprint density at radius 3 is 2.69 bits per heavy atom. The van der Waals surface area contributed by atoms with Gasteiger partial charge in [0, 0.05) is 34.8 Å². The van der Waals surface area contributed by atoms with Crippen LogP contribution < -0.4 is 5.32 Å². The predicted molar refractivity (Wildman–Crippen MR) is 124 cm³/mol. The average Bonchev–Trinajstić information content (AvgIpc) is 2.70. The third kappa shape index (κ3) is 6.26. The van der Waals surface area contributed by atoms with Crippen molar-refractivity contribution in [1.82, 2.24) is 4.90 Å². The van der Waals surface area contributed by atoms with Gasteiger partial charge in [0.15, 0.2) is 5.17 Å². The number of hydrogen-bond donors (Lipinski definition) is 1. The van der Waals surface area contributed by atoms with Crippen molar-refractivity contribution in [2.45, 2.75) is 25.2 Å². The van der Waals surface area contributed by atoms with E-state index < -0.39 is 0 Å². The molecule has 0 aromatic heterocycles. The highest BCUT2D eigenvalue weighted by molar-refractivity contribution is 8.13. The molecule has 1 N–H and O–H groups in total. The molecule has 0 saturated carbocycles. The summed E-state index contributed by atoms with van der Waals surface area (Å²) in [5.41, 5.74) is 2.50. The molecule has 3 rings (SSSR count). The summed E-state index contributed by atoms with van der Waals surface area (Å²) in [6.07, 6.45) is 0.945. The predicted octanol–water partition coefficient (Wildman–Crippen LogP) is 5.35. The van der Waals surface area contributed by atoms with Gasteiger partial charge in [-0.15, -0.1) is 11.8 Å². The first-order valence-corrected chi connectivity index (χ1v) is 11.6. The second-order valence-electron chi connectivity index (χ2n) is 6.57. The Bertz CT molecular complexity index is 932. The monoisotopic (exact) mass is 447 g/mol. The molecule has 0 bridgehead atoms. The van der Waals surface area contributed by atoms with Crippen molar-refractivity contribution in [2.75, 3.05) is 23.4 Å². The molecule has 1 aliphatic heterocycles. The molecule has 1 fully saturated rings. The Morgan fingerprint density at radius 1 is 1.24 bits per heavy atom. The Labute approximate surface area is 184 Å². The minimum absolute atomic E-state index is 0.0325. The van der Waals surface area contributed by atoms with Crippen LogP contribution in [0.15, 0.2) is 52.4 Å². The Kier molecular flexibility index (Phi) is 7.64. The number of benzene rings is 2. The number of anilines is 1. The zero-order valence-electron chi connectivity index (χ0n) is 16.3. The lowest BCUT2D eigenvalue weighted by molar-refractivity contribution is -0.124. The number of carbonyl (C=O) groups excluding carboxylic acids is 2. The molecule has 0 atom stereocenters. The molecular weight excluding hydrogens is 426 g/mol. The van der Waals surface area contributed by atoms with E-state index in [-0.39, 0.29) is 11.8 Å². The molecule has 0 aliphatic carbocycles. The number of nitrogens with zero attached hydrogens (tertiary/aromatic N) is 2. The lowest BCUT2D eigenvalue weighted by Gasteiger charge is -2.27. The fourth-order valence-corrected chi connectivity index (χ4v) is 4.63. The standard InChI is InChI=1S/C21H22ClN3O2S2/c1-14-4-5-17(12-19(14)22)24-21-25(10-3-11-28-21)20(27)13-29-18-8-6-16(7-9-18)23-15(2)26/h4-9,12H,3,10-11,13H2,1-2H3,(H,23,26). The zero-order valence-corrected chi connectivity index (χ0v) is 18.7. The number of rotatable bonds is 5. The van der Waals surface area contributed by atoms with Crippen molar-refractivity contribution in [2.24, 2.45) is 4.99 Å². The average molecular weight is 448 g/mol. The van der Waals surface area contributed by atoms with Crippen LogP contribution in [0.5, 0.6) is 0 Å². The smallest absolute Gasteiger partial charge is 0.238 e. The minimum Gasteiger partial charge on any atom is -0.326 e. The fraction of sp³-hybridized carbons (Fsp3) is 0.286. The maximum Gasteiger partial charge on any atom is 0.238 e. The van der Waals surface area contributed by atoms with Crippen molar-refractivity contribution < 1.29 is 9.59 Å². The number of thioether (sulfide) groups is 2. The van der Waals surface area contributed by atoms with E-state index in [2.05, 4.69) is 10.3 Å². The molecule has 8 heteroatoms. The van der Waals surface area contributed by atoms with Crippen LogP contribution in [-0.4, -0.2) is 39.9 Å². The Balaban J connectivity index is 1.65. The molecule has 0 unspecified atom stereocenters. The molecule has 1 aliphatic rings. The van der Waals surface area contributed by atoms with Gasteiger partial charge in [0.05, 0.1) is 11.4 Å². The van der Waals surface area contributed by atoms with Gasteiger partial charge in [-0.2, -0.15) is 0 Å². The summed E-state index contributed by atoms with van der Waals surface area (Å²) >= 11 is 9.27. The number of amides is 2. The molecule has 152 valence electrons. The van der Waals surface area contributed by atoms with E-state index in [1.807, 2.05) is 49.4 Å². The van der Waals surface area contributed by atoms with Crippen LogP contribution in [0.1, 0.15) is 18.9 Å². The van der Waals surface area contributed by atoms with Gasteiger partial charge >= 0.3 is 0 Å². The van der Waals surface area contributed by atoms with E-state index in [0.29, 0.717) is 17.3 Å². The van der Waals surface area contributed by atoms with Crippen LogP contribution in [0, 0.1) is 6.92 Å². The Morgan fingerprint density at radius 2 is 2.00 bits per heavy atom. The molecule has 0 spiro atoms. The van der Waals surface area contributed by atoms with E-state index >= 15 is 0 Å². The second-order valence-corrected chi connectivity index (χ2v) is 9.09. The summed E-state index contributed by atoms with van der Waals surface area (Å²) in [4.78, 5) is 31.3. The van der Waals surface area contributed by atoms with E-state index in [0.717, 1.165) is 39.2 Å². The summed E-state index contributed by atoms with van der Waals surface area (Å²) in [6, 6.07) is 13.1. The number of nitrogens with one attached hydrogen (secondary N) is 1. The molecular formula is C21H22ClN3O2S2. The number of aryl methyl sites for hydroxylation is 1. The zero-order chi connectivity index (χ0) is 20.8. The fourth-order valence-electron chi connectivity index (χ4n) is 2.71. The molecule has 29 heavy (non-hydrogen) atoms. The van der Waals surface area contributed by atoms with Gasteiger partial charge < -0.3 is 5.32 Å². The summed E-state index contributed by atoms with van der Waals surface area (Å²) in [5, 5.41) is 4.13. The lowest BCUT2D eigenvalue weighted by atomic mass is 10.2. The van der Waals surface area contributed by atoms with Gasteiger partial charge in [0.1, 0.15) is 0 Å². The molecule has 2 aromatic carbocycles. The van der Waals surface area contributed by atoms with Crippen molar-refractivity contribution in [3.63, 3.8) is 0 Å². The van der Waals surface area contributed by atoms with Crippen molar-refractivity contribution in [3.8, 4) is 0 Å².